The maximum Gasteiger partial charge on any atom is 0.154 e. The molecule has 96 valence electrons. The molecule has 0 heterocycles. The number of benzene rings is 1. The van der Waals surface area contributed by atoms with Crippen LogP contribution in [0.5, 0.6) is 0 Å². The Hall–Kier alpha value is -1.45. The van der Waals surface area contributed by atoms with Crippen molar-refractivity contribution < 1.29 is 0 Å². The Labute approximate surface area is 114 Å². The number of rotatable bonds is 2. The first-order valence-electron chi connectivity index (χ1n) is 5.75. The molecule has 1 aliphatic rings. The molecule has 0 fully saturated rings. The topological polar surface area (TPSA) is 50.7 Å². The summed E-state index contributed by atoms with van der Waals surface area (Å²) in [6.45, 7) is 4.05. The van der Waals surface area contributed by atoms with E-state index < -0.39 is 5.66 Å². The van der Waals surface area contributed by atoms with Crippen LogP contribution in [0.25, 0.3) is 0 Å². The van der Waals surface area contributed by atoms with Crippen LogP contribution in [-0.2, 0) is 0 Å². The smallest absolute Gasteiger partial charge is 0.154 e. The second kappa shape index (κ2) is 5.94. The Morgan fingerprint density at radius 1 is 1.22 bits per heavy atom. The minimum Gasteiger partial charge on any atom is -0.302 e. The van der Waals surface area contributed by atoms with Crippen LogP contribution in [0.15, 0.2) is 58.8 Å². The van der Waals surface area contributed by atoms with Crippen LogP contribution in [0.1, 0.15) is 12.5 Å². The van der Waals surface area contributed by atoms with Gasteiger partial charge in [-0.2, -0.15) is 10.2 Å². The molecule has 2 unspecified atom stereocenters. The van der Waals surface area contributed by atoms with Crippen LogP contribution < -0.4 is 5.73 Å². The normalized spacial score (nSPS) is 26.3. The van der Waals surface area contributed by atoms with E-state index in [4.69, 9.17) is 5.73 Å². The predicted octanol–water partition coefficient (Wildman–Crippen LogP) is 3.92. The lowest BCUT2D eigenvalue weighted by molar-refractivity contribution is 0.417. The summed E-state index contributed by atoms with van der Waals surface area (Å²) < 4.78 is 0. The Bertz CT molecular complexity index is 494. The highest BCUT2D eigenvalue weighted by molar-refractivity contribution is 5.85. The molecule has 0 aliphatic heterocycles. The maximum absolute atomic E-state index is 6.20. The van der Waals surface area contributed by atoms with Gasteiger partial charge in [0.1, 0.15) is 0 Å². The number of hydrogen-bond acceptors (Lipinski definition) is 3. The molecule has 0 saturated heterocycles. The molecule has 0 aromatic heterocycles. The summed E-state index contributed by atoms with van der Waals surface area (Å²) in [5.74, 6) is 0.153. The summed E-state index contributed by atoms with van der Waals surface area (Å²) in [4.78, 5) is 0. The van der Waals surface area contributed by atoms with Gasteiger partial charge in [-0.3, -0.25) is 0 Å². The number of aryl methyl sites for hydroxylation is 1. The van der Waals surface area contributed by atoms with E-state index in [9.17, 15) is 0 Å². The molecule has 1 aliphatic carbocycles. The van der Waals surface area contributed by atoms with Gasteiger partial charge >= 0.3 is 0 Å². The van der Waals surface area contributed by atoms with Crippen molar-refractivity contribution in [2.75, 3.05) is 0 Å². The first-order chi connectivity index (χ1) is 8.12. The third kappa shape index (κ3) is 3.06. The molecule has 4 heteroatoms. The summed E-state index contributed by atoms with van der Waals surface area (Å²) in [5, 5.41) is 8.56. The fourth-order valence-electron chi connectivity index (χ4n) is 1.69. The van der Waals surface area contributed by atoms with E-state index in [2.05, 4.69) is 10.2 Å². The Morgan fingerprint density at radius 3 is 2.61 bits per heavy atom. The standard InChI is InChI=1S/C14H17N3.ClH/c1-11-7-3-4-9-13(11)16-17-14(15)10-6-5-8-12(14)2;/h3-10,12H,15H2,1-2H3;1H. The first kappa shape index (κ1) is 14.6. The average Bonchev–Trinajstić information content (AvgIpc) is 2.32. The Balaban J connectivity index is 0.00000162. The number of azo groups is 1. The Morgan fingerprint density at radius 2 is 1.94 bits per heavy atom. The van der Waals surface area contributed by atoms with Crippen LogP contribution in [0.3, 0.4) is 0 Å². The van der Waals surface area contributed by atoms with E-state index in [-0.39, 0.29) is 18.3 Å². The highest BCUT2D eigenvalue weighted by Crippen LogP contribution is 2.26. The number of nitrogens with zero attached hydrogens (tertiary/aromatic N) is 2. The lowest BCUT2D eigenvalue weighted by atomic mass is 9.92. The van der Waals surface area contributed by atoms with Crippen LogP contribution in [0.4, 0.5) is 5.69 Å². The van der Waals surface area contributed by atoms with Crippen molar-refractivity contribution in [3.8, 4) is 0 Å². The molecule has 3 nitrogen and oxygen atoms in total. The molecule has 2 N–H and O–H groups in total. The van der Waals surface area contributed by atoms with Crippen molar-refractivity contribution in [1.29, 1.82) is 0 Å². The molecule has 0 bridgehead atoms. The fraction of sp³-hybridized carbons (Fsp3) is 0.286. The van der Waals surface area contributed by atoms with Gasteiger partial charge in [0.2, 0.25) is 0 Å². The zero-order valence-corrected chi connectivity index (χ0v) is 11.4. The summed E-state index contributed by atoms with van der Waals surface area (Å²) in [7, 11) is 0. The van der Waals surface area contributed by atoms with Crippen molar-refractivity contribution in [2.45, 2.75) is 19.5 Å². The summed E-state index contributed by atoms with van der Waals surface area (Å²) in [6, 6.07) is 7.88. The minimum atomic E-state index is -0.725. The summed E-state index contributed by atoms with van der Waals surface area (Å²) in [5.41, 5.74) is 7.44. The van der Waals surface area contributed by atoms with Crippen LogP contribution >= 0.6 is 12.4 Å². The highest BCUT2D eigenvalue weighted by Gasteiger charge is 2.28. The lowest BCUT2D eigenvalue weighted by Crippen LogP contribution is -2.42. The van der Waals surface area contributed by atoms with Gasteiger partial charge in [-0.1, -0.05) is 43.4 Å². The van der Waals surface area contributed by atoms with Crippen molar-refractivity contribution >= 4 is 18.1 Å². The second-order valence-corrected chi connectivity index (χ2v) is 4.41. The van der Waals surface area contributed by atoms with Gasteiger partial charge in [0.25, 0.3) is 0 Å². The zero-order valence-electron chi connectivity index (χ0n) is 10.6. The van der Waals surface area contributed by atoms with Crippen molar-refractivity contribution in [3.63, 3.8) is 0 Å². The van der Waals surface area contributed by atoms with Gasteiger partial charge in [0, 0.05) is 5.92 Å². The second-order valence-electron chi connectivity index (χ2n) is 4.41. The molecule has 0 radical (unpaired) electrons. The zero-order chi connectivity index (χ0) is 12.3. The van der Waals surface area contributed by atoms with E-state index >= 15 is 0 Å². The van der Waals surface area contributed by atoms with Gasteiger partial charge in [0.15, 0.2) is 5.66 Å². The van der Waals surface area contributed by atoms with Crippen LogP contribution in [0, 0.1) is 12.8 Å². The summed E-state index contributed by atoms with van der Waals surface area (Å²) in [6.07, 6.45) is 7.83. The average molecular weight is 264 g/mol. The maximum atomic E-state index is 6.20. The van der Waals surface area contributed by atoms with E-state index in [1.165, 1.54) is 0 Å². The predicted molar refractivity (Wildman–Crippen MR) is 77.3 cm³/mol. The highest BCUT2D eigenvalue weighted by atomic mass is 35.5. The van der Waals surface area contributed by atoms with Gasteiger partial charge < -0.3 is 5.73 Å². The molecule has 0 saturated carbocycles. The van der Waals surface area contributed by atoms with E-state index in [1.54, 1.807) is 0 Å². The van der Waals surface area contributed by atoms with Gasteiger partial charge in [0.05, 0.1) is 5.69 Å². The number of halogens is 1. The lowest BCUT2D eigenvalue weighted by Gasteiger charge is -2.26. The van der Waals surface area contributed by atoms with Gasteiger partial charge in [-0.05, 0) is 24.6 Å². The fourth-order valence-corrected chi connectivity index (χ4v) is 1.69. The molecule has 1 aromatic rings. The van der Waals surface area contributed by atoms with E-state index in [1.807, 2.05) is 62.4 Å². The third-order valence-electron chi connectivity index (χ3n) is 3.05. The first-order valence-corrected chi connectivity index (χ1v) is 5.75. The van der Waals surface area contributed by atoms with E-state index in [0.717, 1.165) is 11.3 Å². The SMILES string of the molecule is Cc1ccccc1N=NC1(N)C=CC=CC1C.Cl. The number of nitrogens with two attached hydrogens (primary N) is 1. The molecule has 0 spiro atoms. The van der Waals surface area contributed by atoms with Crippen LogP contribution in [0.2, 0.25) is 0 Å². The molecular weight excluding hydrogens is 246 g/mol. The molecular formula is C14H18ClN3. The van der Waals surface area contributed by atoms with Gasteiger partial charge in [-0.25, -0.2) is 0 Å². The van der Waals surface area contributed by atoms with Crippen LogP contribution in [-0.4, -0.2) is 5.66 Å². The van der Waals surface area contributed by atoms with E-state index in [0.29, 0.717) is 0 Å². The molecule has 1 aromatic carbocycles. The van der Waals surface area contributed by atoms with Crippen molar-refractivity contribution in [3.05, 3.63) is 54.1 Å². The minimum absolute atomic E-state index is 0. The quantitative estimate of drug-likeness (QED) is 0.808. The van der Waals surface area contributed by atoms with Crippen molar-refractivity contribution in [1.82, 2.24) is 0 Å². The Kier molecular flexibility index (Phi) is 4.82. The summed E-state index contributed by atoms with van der Waals surface area (Å²) >= 11 is 0. The van der Waals surface area contributed by atoms with Crippen molar-refractivity contribution in [2.24, 2.45) is 21.9 Å². The molecule has 2 atom stereocenters. The molecule has 0 amide bonds. The monoisotopic (exact) mass is 263 g/mol. The largest absolute Gasteiger partial charge is 0.302 e. The molecule has 2 rings (SSSR count). The molecule has 18 heavy (non-hydrogen) atoms. The van der Waals surface area contributed by atoms with Gasteiger partial charge in [-0.15, -0.1) is 12.4 Å². The number of hydrogen-bond donors (Lipinski definition) is 1. The third-order valence-corrected chi connectivity index (χ3v) is 3.05. The number of allylic oxidation sites excluding steroid dienone is 2.